The molecule has 0 aromatic heterocycles. The lowest BCUT2D eigenvalue weighted by molar-refractivity contribution is -0.237. The number of azo groups is 1. The number of sulfonamides is 1. The normalized spacial score (nSPS) is 10.9. The molecule has 0 bridgehead atoms. The molecule has 0 saturated carbocycles. The molecule has 3 aromatic rings. The minimum Gasteiger partial charge on any atom is -0.506 e. The molecule has 0 saturated heterocycles. The van der Waals surface area contributed by atoms with Crippen LogP contribution in [-0.4, -0.2) is 46.0 Å². The van der Waals surface area contributed by atoms with Crippen molar-refractivity contribution in [2.24, 2.45) is 15.3 Å². The number of para-hydroxylation sites is 2. The topological polar surface area (TPSA) is 146 Å². The van der Waals surface area contributed by atoms with Gasteiger partial charge in [0.1, 0.15) is 11.4 Å². The number of nitrogens with one attached hydrogen (secondary N) is 3. The fourth-order valence-corrected chi connectivity index (χ4v) is 2.22. The van der Waals surface area contributed by atoms with Gasteiger partial charge in [-0.25, -0.2) is 13.1 Å². The summed E-state index contributed by atoms with van der Waals surface area (Å²) >= 11 is 1.14. The van der Waals surface area contributed by atoms with Crippen molar-refractivity contribution in [3.8, 4) is 5.75 Å². The molecule has 3 aromatic carbocycles. The molecule has 4 N–H and O–H groups in total. The molecule has 0 fully saturated rings. The second-order valence-electron chi connectivity index (χ2n) is 6.47. The third-order valence-electron chi connectivity index (χ3n) is 3.79. The minimum absolute atomic E-state index is 0. The van der Waals surface area contributed by atoms with Crippen LogP contribution in [0.3, 0.4) is 0 Å². The summed E-state index contributed by atoms with van der Waals surface area (Å²) in [6, 6.07) is 25.9. The van der Waals surface area contributed by atoms with Crippen molar-refractivity contribution in [1.29, 1.82) is 0 Å². The van der Waals surface area contributed by atoms with Crippen LogP contribution in [0.25, 0.3) is 0 Å². The zero-order chi connectivity index (χ0) is 26.7. The summed E-state index contributed by atoms with van der Waals surface area (Å²) in [5, 5.41) is 22.4. The minimum atomic E-state index is -2.91. The van der Waals surface area contributed by atoms with E-state index >= 15 is 0 Å². The fourth-order valence-electron chi connectivity index (χ4n) is 2.08. The number of hydrazone groups is 1. The van der Waals surface area contributed by atoms with E-state index < -0.39 is 10.0 Å². The molecule has 3 rings (SSSR count). The first-order chi connectivity index (χ1) is 17.3. The zero-order valence-electron chi connectivity index (χ0n) is 20.3. The Morgan fingerprint density at radius 3 is 1.95 bits per heavy atom. The van der Waals surface area contributed by atoms with Crippen LogP contribution in [0.4, 0.5) is 11.4 Å². The predicted octanol–water partition coefficient (Wildman–Crippen LogP) is 5.10. The van der Waals surface area contributed by atoms with Gasteiger partial charge in [-0.15, -0.1) is 19.6 Å². The highest BCUT2D eigenvalue weighted by Crippen LogP contribution is 2.25. The number of nitrogens with zero attached hydrogens (tertiary/aromatic N) is 3. The van der Waals surface area contributed by atoms with Crippen molar-refractivity contribution < 1.29 is 22.8 Å². The van der Waals surface area contributed by atoms with Crippen molar-refractivity contribution in [2.75, 3.05) is 32.0 Å². The molecule has 0 amide bonds. The van der Waals surface area contributed by atoms with Gasteiger partial charge in [-0.3, -0.25) is 5.43 Å². The lowest BCUT2D eigenvalue weighted by Crippen LogP contribution is -2.15. The highest BCUT2D eigenvalue weighted by atomic mass is 32.2. The summed E-state index contributed by atoms with van der Waals surface area (Å²) in [4.78, 5) is 4.20. The Hall–Kier alpha value is -3.33. The smallest absolute Gasteiger partial charge is 0.208 e. The van der Waals surface area contributed by atoms with Crippen molar-refractivity contribution in [3.05, 3.63) is 90.5 Å². The Bertz CT molecular complexity index is 1160. The third-order valence-corrected chi connectivity index (χ3v) is 4.73. The van der Waals surface area contributed by atoms with Gasteiger partial charge < -0.3 is 5.11 Å². The maximum absolute atomic E-state index is 9.89. The van der Waals surface area contributed by atoms with Crippen molar-refractivity contribution in [2.45, 2.75) is 7.43 Å². The van der Waals surface area contributed by atoms with Crippen LogP contribution in [0.2, 0.25) is 0 Å². The van der Waals surface area contributed by atoms with Crippen LogP contribution < -0.4 is 15.6 Å². The maximum atomic E-state index is 9.89. The van der Waals surface area contributed by atoms with E-state index in [0.717, 1.165) is 29.5 Å². The number of benzene rings is 3. The molecule has 13 heteroatoms. The zero-order valence-corrected chi connectivity index (χ0v) is 22.0. The number of hydrogen-bond acceptors (Lipinski definition) is 10. The molecular formula is C24H34N6O5S2. The lowest BCUT2D eigenvalue weighted by atomic mass is 10.2. The van der Waals surface area contributed by atoms with Crippen LogP contribution in [-0.2, 0) is 19.3 Å². The molecule has 0 radical (unpaired) electrons. The monoisotopic (exact) mass is 550 g/mol. The van der Waals surface area contributed by atoms with Gasteiger partial charge in [-0.05, 0) is 31.3 Å². The van der Waals surface area contributed by atoms with E-state index in [0.29, 0.717) is 11.5 Å². The average molecular weight is 551 g/mol. The maximum Gasteiger partial charge on any atom is 0.208 e. The predicted molar refractivity (Wildman–Crippen MR) is 151 cm³/mol. The largest absolute Gasteiger partial charge is 0.506 e. The lowest BCUT2D eigenvalue weighted by Gasteiger charge is -2.03. The van der Waals surface area contributed by atoms with Gasteiger partial charge in [0.25, 0.3) is 0 Å². The number of amidine groups is 1. The summed E-state index contributed by atoms with van der Waals surface area (Å²) in [5.41, 5.74) is 7.35. The molecule has 0 aliphatic carbocycles. The number of hydrogen-bond donors (Lipinski definition) is 4. The van der Waals surface area contributed by atoms with Crippen LogP contribution in [0.1, 0.15) is 13.0 Å². The molecule has 202 valence electrons. The van der Waals surface area contributed by atoms with Crippen LogP contribution in [0, 0.1) is 0 Å². The fraction of sp³-hybridized carbons (Fsp3) is 0.208. The van der Waals surface area contributed by atoms with Crippen molar-refractivity contribution in [1.82, 2.24) is 10.2 Å². The molecular weight excluding hydrogens is 516 g/mol. The van der Waals surface area contributed by atoms with Gasteiger partial charge in [0, 0.05) is 30.9 Å². The van der Waals surface area contributed by atoms with Crippen molar-refractivity contribution >= 4 is 39.3 Å². The van der Waals surface area contributed by atoms with E-state index in [2.05, 4.69) is 40.3 Å². The van der Waals surface area contributed by atoms with Gasteiger partial charge in [0.15, 0.2) is 0 Å². The van der Waals surface area contributed by atoms with Crippen molar-refractivity contribution in [3.63, 3.8) is 0 Å². The van der Waals surface area contributed by atoms with Gasteiger partial charge in [-0.2, -0.15) is 10.6 Å². The van der Waals surface area contributed by atoms with Gasteiger partial charge in [0.2, 0.25) is 15.9 Å². The van der Waals surface area contributed by atoms with E-state index in [1.165, 1.54) is 7.05 Å². The second kappa shape index (κ2) is 19.8. The second-order valence-corrected chi connectivity index (χ2v) is 8.89. The van der Waals surface area contributed by atoms with E-state index in [1.54, 1.807) is 37.6 Å². The van der Waals surface area contributed by atoms with E-state index in [1.807, 2.05) is 60.7 Å². The standard InChI is InChI=1S/C19H16N4O.2C2H7NO2S.CH4/c24-18-14-8-7-13-17(18)21-23-19(15-9-3-1-4-10-15)22-20-16-11-5-2-6-12-16;1-3-6(2,4)5;1-3-4-5-6-2;/h1-14,20,24H;2*3H,1-2H3;1H4/b22-19-,23-21?;;;. The number of rotatable bonds is 8. The number of phenols is 1. The SMILES string of the molecule is C.CNOOSC.CNS(C)(=O)=O.Oc1ccccc1N=N/C(=N\Nc1ccccc1)c1ccccc1. The Labute approximate surface area is 223 Å². The molecule has 0 heterocycles. The number of hydroxylamine groups is 1. The molecule has 0 aliphatic rings. The summed E-state index contributed by atoms with van der Waals surface area (Å²) < 4.78 is 26.1. The number of anilines is 1. The summed E-state index contributed by atoms with van der Waals surface area (Å²) in [5.74, 6) is 0.493. The Balaban J connectivity index is 0.000000836. The summed E-state index contributed by atoms with van der Waals surface area (Å²) in [7, 11) is 0.0796. The number of phenolic OH excluding ortho intramolecular Hbond substituents is 1. The molecule has 0 aliphatic heterocycles. The van der Waals surface area contributed by atoms with Gasteiger partial charge in [0.05, 0.1) is 11.9 Å². The number of aromatic hydroxyl groups is 1. The first kappa shape index (κ1) is 33.7. The Kier molecular flexibility index (Phi) is 18.0. The molecule has 0 spiro atoms. The molecule has 0 unspecified atom stereocenters. The quantitative estimate of drug-likeness (QED) is 0.0576. The van der Waals surface area contributed by atoms with E-state index in [9.17, 15) is 13.5 Å². The Morgan fingerprint density at radius 2 is 1.46 bits per heavy atom. The van der Waals surface area contributed by atoms with Crippen LogP contribution >= 0.6 is 12.0 Å². The molecule has 0 atom stereocenters. The van der Waals surface area contributed by atoms with Gasteiger partial charge in [-0.1, -0.05) is 68.1 Å². The highest BCUT2D eigenvalue weighted by molar-refractivity contribution is 7.93. The van der Waals surface area contributed by atoms with Gasteiger partial charge >= 0.3 is 0 Å². The van der Waals surface area contributed by atoms with E-state index in [4.69, 9.17) is 0 Å². The van der Waals surface area contributed by atoms with E-state index in [-0.39, 0.29) is 13.2 Å². The van der Waals surface area contributed by atoms with Crippen LogP contribution in [0.15, 0.2) is 100 Å². The summed E-state index contributed by atoms with van der Waals surface area (Å²) in [6.45, 7) is 0. The first-order valence-corrected chi connectivity index (χ1v) is 13.4. The third kappa shape index (κ3) is 16.1. The summed E-state index contributed by atoms with van der Waals surface area (Å²) in [6.07, 6.45) is 2.87. The molecule has 37 heavy (non-hydrogen) atoms. The Morgan fingerprint density at radius 1 is 0.919 bits per heavy atom. The highest BCUT2D eigenvalue weighted by Gasteiger charge is 2.03. The first-order valence-electron chi connectivity index (χ1n) is 10.4. The van der Waals surface area contributed by atoms with Crippen LogP contribution in [0.5, 0.6) is 5.75 Å². The average Bonchev–Trinajstić information content (AvgIpc) is 2.90. The molecule has 11 nitrogen and oxygen atoms in total.